The molecule has 0 heterocycles. The minimum Gasteiger partial charge on any atom is -0.348 e. The molecule has 0 spiro atoms. The van der Waals surface area contributed by atoms with Gasteiger partial charge in [0.2, 0.25) is 5.91 Å². The van der Waals surface area contributed by atoms with Gasteiger partial charge in [0.15, 0.2) is 0 Å². The van der Waals surface area contributed by atoms with Gasteiger partial charge in [0.25, 0.3) is 0 Å². The zero-order chi connectivity index (χ0) is 14.5. The molecule has 0 aliphatic carbocycles. The Labute approximate surface area is 127 Å². The molecule has 0 bridgehead atoms. The van der Waals surface area contributed by atoms with E-state index >= 15 is 0 Å². The minimum absolute atomic E-state index is 0.104. The largest absolute Gasteiger partial charge is 0.348 e. The van der Waals surface area contributed by atoms with Gasteiger partial charge in [0, 0.05) is 4.47 Å². The quantitative estimate of drug-likeness (QED) is 0.902. The number of benzene rings is 2. The molecule has 2 aromatic carbocycles. The van der Waals surface area contributed by atoms with Crippen molar-refractivity contribution in [2.75, 3.05) is 0 Å². The van der Waals surface area contributed by atoms with E-state index in [0.717, 1.165) is 15.6 Å². The van der Waals surface area contributed by atoms with Crippen molar-refractivity contribution in [3.8, 4) is 0 Å². The Kier molecular flexibility index (Phi) is 4.93. The molecule has 3 N–H and O–H groups in total. The molecule has 0 fully saturated rings. The SMILES string of the molecule is C[C@@H](NC(=O)[C@@H](N)c1ccccc1)c1ccccc1Br. The van der Waals surface area contributed by atoms with Crippen LogP contribution in [0.5, 0.6) is 0 Å². The highest BCUT2D eigenvalue weighted by Crippen LogP contribution is 2.23. The van der Waals surface area contributed by atoms with Crippen molar-refractivity contribution in [2.24, 2.45) is 5.73 Å². The first-order chi connectivity index (χ1) is 9.59. The van der Waals surface area contributed by atoms with E-state index in [4.69, 9.17) is 5.73 Å². The van der Waals surface area contributed by atoms with Gasteiger partial charge in [-0.3, -0.25) is 4.79 Å². The van der Waals surface area contributed by atoms with Gasteiger partial charge in [-0.25, -0.2) is 0 Å². The minimum atomic E-state index is -0.652. The second-order valence-electron chi connectivity index (χ2n) is 4.64. The van der Waals surface area contributed by atoms with E-state index < -0.39 is 6.04 Å². The number of hydrogen-bond acceptors (Lipinski definition) is 2. The van der Waals surface area contributed by atoms with Crippen LogP contribution in [0.4, 0.5) is 0 Å². The van der Waals surface area contributed by atoms with E-state index in [-0.39, 0.29) is 11.9 Å². The lowest BCUT2D eigenvalue weighted by Gasteiger charge is -2.19. The molecule has 2 aromatic rings. The van der Waals surface area contributed by atoms with Crippen molar-refractivity contribution in [1.29, 1.82) is 0 Å². The fourth-order valence-corrected chi connectivity index (χ4v) is 2.65. The Morgan fingerprint density at radius 1 is 1.10 bits per heavy atom. The molecule has 20 heavy (non-hydrogen) atoms. The summed E-state index contributed by atoms with van der Waals surface area (Å²) in [6.45, 7) is 1.94. The maximum atomic E-state index is 12.2. The maximum Gasteiger partial charge on any atom is 0.241 e. The fourth-order valence-electron chi connectivity index (χ4n) is 2.02. The van der Waals surface area contributed by atoms with E-state index in [0.29, 0.717) is 0 Å². The van der Waals surface area contributed by atoms with Crippen LogP contribution in [0.1, 0.15) is 30.1 Å². The van der Waals surface area contributed by atoms with Crippen LogP contribution >= 0.6 is 15.9 Å². The molecule has 0 unspecified atom stereocenters. The summed E-state index contributed by atoms with van der Waals surface area (Å²) in [6, 6.07) is 16.4. The second-order valence-corrected chi connectivity index (χ2v) is 5.49. The first-order valence-electron chi connectivity index (χ1n) is 6.45. The number of carbonyl (C=O) groups excluding carboxylic acids is 1. The van der Waals surface area contributed by atoms with Crippen molar-refractivity contribution < 1.29 is 4.79 Å². The maximum absolute atomic E-state index is 12.2. The molecule has 0 aliphatic heterocycles. The fraction of sp³-hybridized carbons (Fsp3) is 0.188. The Morgan fingerprint density at radius 2 is 1.70 bits per heavy atom. The lowest BCUT2D eigenvalue weighted by atomic mass is 10.1. The monoisotopic (exact) mass is 332 g/mol. The molecule has 3 nitrogen and oxygen atoms in total. The number of halogens is 1. The van der Waals surface area contributed by atoms with Gasteiger partial charge in [-0.2, -0.15) is 0 Å². The number of rotatable bonds is 4. The summed E-state index contributed by atoms with van der Waals surface area (Å²) in [6.07, 6.45) is 0. The Morgan fingerprint density at radius 3 is 2.35 bits per heavy atom. The number of carbonyl (C=O) groups is 1. The molecular formula is C16H17BrN2O. The zero-order valence-electron chi connectivity index (χ0n) is 11.2. The molecule has 1 amide bonds. The third-order valence-electron chi connectivity index (χ3n) is 3.17. The summed E-state index contributed by atoms with van der Waals surface area (Å²) in [7, 11) is 0. The molecule has 0 aliphatic rings. The number of nitrogens with two attached hydrogens (primary N) is 1. The third-order valence-corrected chi connectivity index (χ3v) is 3.89. The number of nitrogens with one attached hydrogen (secondary N) is 1. The highest BCUT2D eigenvalue weighted by molar-refractivity contribution is 9.10. The molecule has 104 valence electrons. The van der Waals surface area contributed by atoms with Gasteiger partial charge in [0.1, 0.15) is 6.04 Å². The van der Waals surface area contributed by atoms with Crippen molar-refractivity contribution in [3.05, 3.63) is 70.2 Å². The van der Waals surface area contributed by atoms with Crippen LogP contribution in [0.3, 0.4) is 0 Å². The summed E-state index contributed by atoms with van der Waals surface area (Å²) < 4.78 is 0.973. The van der Waals surface area contributed by atoms with E-state index in [1.165, 1.54) is 0 Å². The standard InChI is InChI=1S/C16H17BrN2O/c1-11(13-9-5-6-10-14(13)17)19-16(20)15(18)12-7-3-2-4-8-12/h2-11,15H,18H2,1H3,(H,19,20)/t11-,15+/m1/s1. The molecule has 2 atom stereocenters. The van der Waals surface area contributed by atoms with Crippen LogP contribution in [0, 0.1) is 0 Å². The predicted molar refractivity (Wildman–Crippen MR) is 84.1 cm³/mol. The molecule has 0 saturated heterocycles. The van der Waals surface area contributed by atoms with Crippen molar-refractivity contribution in [3.63, 3.8) is 0 Å². The van der Waals surface area contributed by atoms with Crippen LogP contribution in [0.25, 0.3) is 0 Å². The van der Waals surface area contributed by atoms with Gasteiger partial charge in [-0.1, -0.05) is 64.5 Å². The molecule has 4 heteroatoms. The lowest BCUT2D eigenvalue weighted by Crippen LogP contribution is -2.35. The van der Waals surface area contributed by atoms with Crippen LogP contribution in [-0.4, -0.2) is 5.91 Å². The summed E-state index contributed by atoms with van der Waals surface area (Å²) in [5.41, 5.74) is 7.82. The second kappa shape index (κ2) is 6.68. The summed E-state index contributed by atoms with van der Waals surface area (Å²) in [4.78, 5) is 12.2. The van der Waals surface area contributed by atoms with E-state index in [9.17, 15) is 4.79 Å². The first kappa shape index (κ1) is 14.8. The average Bonchev–Trinajstić information content (AvgIpc) is 2.47. The smallest absolute Gasteiger partial charge is 0.241 e. The average molecular weight is 333 g/mol. The summed E-state index contributed by atoms with van der Waals surface area (Å²) in [5.74, 6) is -0.181. The number of amides is 1. The van der Waals surface area contributed by atoms with Gasteiger partial charge >= 0.3 is 0 Å². The van der Waals surface area contributed by atoms with Crippen molar-refractivity contribution in [2.45, 2.75) is 19.0 Å². The van der Waals surface area contributed by atoms with E-state index in [2.05, 4.69) is 21.2 Å². The van der Waals surface area contributed by atoms with Crippen LogP contribution < -0.4 is 11.1 Å². The van der Waals surface area contributed by atoms with Gasteiger partial charge < -0.3 is 11.1 Å². The van der Waals surface area contributed by atoms with Gasteiger partial charge in [0.05, 0.1) is 6.04 Å². The van der Waals surface area contributed by atoms with Crippen molar-refractivity contribution in [1.82, 2.24) is 5.32 Å². The van der Waals surface area contributed by atoms with Crippen molar-refractivity contribution >= 4 is 21.8 Å². The molecule has 0 saturated carbocycles. The predicted octanol–water partition coefficient (Wildman–Crippen LogP) is 3.33. The first-order valence-corrected chi connectivity index (χ1v) is 7.24. The Bertz CT molecular complexity index is 586. The van der Waals surface area contributed by atoms with E-state index in [1.807, 2.05) is 61.5 Å². The van der Waals surface area contributed by atoms with Crippen LogP contribution in [0.15, 0.2) is 59.1 Å². The highest BCUT2D eigenvalue weighted by Gasteiger charge is 2.18. The molecule has 2 rings (SSSR count). The molecular weight excluding hydrogens is 316 g/mol. The highest BCUT2D eigenvalue weighted by atomic mass is 79.9. The zero-order valence-corrected chi connectivity index (χ0v) is 12.8. The molecule has 0 aromatic heterocycles. The van der Waals surface area contributed by atoms with E-state index in [1.54, 1.807) is 0 Å². The lowest BCUT2D eigenvalue weighted by molar-refractivity contribution is -0.123. The normalized spacial score (nSPS) is 13.6. The van der Waals surface area contributed by atoms with Gasteiger partial charge in [-0.05, 0) is 24.1 Å². The van der Waals surface area contributed by atoms with Gasteiger partial charge in [-0.15, -0.1) is 0 Å². The topological polar surface area (TPSA) is 55.1 Å². The summed E-state index contributed by atoms with van der Waals surface area (Å²) >= 11 is 3.49. The Hall–Kier alpha value is -1.65. The third kappa shape index (κ3) is 3.46. The number of hydrogen-bond donors (Lipinski definition) is 2. The molecule has 0 radical (unpaired) electrons. The summed E-state index contributed by atoms with van der Waals surface area (Å²) in [5, 5.41) is 2.94. The Balaban J connectivity index is 2.07. The van der Waals surface area contributed by atoms with Crippen LogP contribution in [0.2, 0.25) is 0 Å². The van der Waals surface area contributed by atoms with Crippen LogP contribution in [-0.2, 0) is 4.79 Å².